The number of hydroxylamine groups is 3. The molecule has 1 heterocycles. The molecular weight excluding hydrogens is 114 g/mol. The standard InChI is InChI=1S/C7H16NO/c1-2-8(9)6-4-3-5-7-8/h9H,2-7H2,1H3/q+1. The number of piperidine rings is 1. The average Bonchev–Trinajstić information content (AvgIpc) is 1.90. The highest BCUT2D eigenvalue weighted by Crippen LogP contribution is 2.14. The summed E-state index contributed by atoms with van der Waals surface area (Å²) in [6, 6.07) is 0. The fraction of sp³-hybridized carbons (Fsp3) is 1.00. The first-order chi connectivity index (χ1) is 4.27. The van der Waals surface area contributed by atoms with Gasteiger partial charge in [-0.3, -0.25) is 0 Å². The molecule has 0 aromatic rings. The highest BCUT2D eigenvalue weighted by atomic mass is 16.5. The Morgan fingerprint density at radius 2 is 1.78 bits per heavy atom. The Morgan fingerprint density at radius 1 is 1.22 bits per heavy atom. The van der Waals surface area contributed by atoms with E-state index in [-0.39, 0.29) is 0 Å². The third kappa shape index (κ3) is 1.66. The van der Waals surface area contributed by atoms with Gasteiger partial charge in [-0.15, -0.1) is 0 Å². The van der Waals surface area contributed by atoms with E-state index in [1.165, 1.54) is 19.3 Å². The van der Waals surface area contributed by atoms with Crippen LogP contribution < -0.4 is 0 Å². The molecule has 0 saturated carbocycles. The van der Waals surface area contributed by atoms with Crippen molar-refractivity contribution in [2.45, 2.75) is 26.2 Å². The summed E-state index contributed by atoms with van der Waals surface area (Å²) in [5, 5.41) is 9.62. The van der Waals surface area contributed by atoms with Crippen LogP contribution in [0.25, 0.3) is 0 Å². The normalized spacial score (nSPS) is 26.0. The van der Waals surface area contributed by atoms with Crippen LogP contribution in [0.2, 0.25) is 0 Å². The molecule has 1 aliphatic heterocycles. The second-order valence-corrected chi connectivity index (χ2v) is 2.92. The second-order valence-electron chi connectivity index (χ2n) is 2.92. The summed E-state index contributed by atoms with van der Waals surface area (Å²) in [7, 11) is 0. The molecular formula is C7H16NO+. The molecule has 0 aromatic carbocycles. The summed E-state index contributed by atoms with van der Waals surface area (Å²) >= 11 is 0. The van der Waals surface area contributed by atoms with Gasteiger partial charge >= 0.3 is 0 Å². The van der Waals surface area contributed by atoms with E-state index in [9.17, 15) is 5.21 Å². The lowest BCUT2D eigenvalue weighted by atomic mass is 10.1. The molecule has 9 heavy (non-hydrogen) atoms. The lowest BCUT2D eigenvalue weighted by Crippen LogP contribution is -2.48. The van der Waals surface area contributed by atoms with Crippen molar-refractivity contribution in [1.82, 2.24) is 0 Å². The predicted molar refractivity (Wildman–Crippen MR) is 36.2 cm³/mol. The zero-order valence-corrected chi connectivity index (χ0v) is 6.14. The van der Waals surface area contributed by atoms with Crippen molar-refractivity contribution >= 4 is 0 Å². The number of quaternary nitrogens is 1. The van der Waals surface area contributed by atoms with E-state index in [1.54, 1.807) is 0 Å². The molecule has 2 heteroatoms. The molecule has 54 valence electrons. The zero-order valence-electron chi connectivity index (χ0n) is 6.14. The average molecular weight is 130 g/mol. The monoisotopic (exact) mass is 130 g/mol. The van der Waals surface area contributed by atoms with Crippen molar-refractivity contribution in [2.75, 3.05) is 19.6 Å². The highest BCUT2D eigenvalue weighted by molar-refractivity contribution is 4.47. The molecule has 2 nitrogen and oxygen atoms in total. The highest BCUT2D eigenvalue weighted by Gasteiger charge is 2.25. The van der Waals surface area contributed by atoms with Gasteiger partial charge in [0.05, 0.1) is 0 Å². The van der Waals surface area contributed by atoms with Crippen LogP contribution in [0.3, 0.4) is 0 Å². The minimum absolute atomic E-state index is 0.319. The number of nitrogens with zero attached hydrogens (tertiary/aromatic N) is 1. The van der Waals surface area contributed by atoms with Gasteiger partial charge in [-0.05, 0) is 26.2 Å². The van der Waals surface area contributed by atoms with E-state index >= 15 is 0 Å². The Balaban J connectivity index is 2.37. The van der Waals surface area contributed by atoms with E-state index in [2.05, 4.69) is 0 Å². The zero-order chi connectivity index (χ0) is 6.74. The molecule has 0 bridgehead atoms. The Hall–Kier alpha value is -0.0800. The quantitative estimate of drug-likeness (QED) is 0.532. The molecule has 1 aliphatic rings. The summed E-state index contributed by atoms with van der Waals surface area (Å²) in [5.41, 5.74) is 0. The number of hydrogen-bond acceptors (Lipinski definition) is 1. The van der Waals surface area contributed by atoms with E-state index in [0.717, 1.165) is 19.6 Å². The van der Waals surface area contributed by atoms with Gasteiger partial charge in [0, 0.05) is 0 Å². The van der Waals surface area contributed by atoms with Crippen LogP contribution in [0.1, 0.15) is 26.2 Å². The van der Waals surface area contributed by atoms with E-state index in [1.807, 2.05) is 6.92 Å². The summed E-state index contributed by atoms with van der Waals surface area (Å²) in [6.07, 6.45) is 3.70. The van der Waals surface area contributed by atoms with Gasteiger partial charge in [0.25, 0.3) is 0 Å². The van der Waals surface area contributed by atoms with Crippen molar-refractivity contribution in [2.24, 2.45) is 0 Å². The molecule has 0 aliphatic carbocycles. The maximum Gasteiger partial charge on any atom is 0.109 e. The third-order valence-corrected chi connectivity index (χ3v) is 2.24. The van der Waals surface area contributed by atoms with Crippen LogP contribution in [0.5, 0.6) is 0 Å². The van der Waals surface area contributed by atoms with Crippen LogP contribution in [0.4, 0.5) is 0 Å². The molecule has 0 atom stereocenters. The first kappa shape index (κ1) is 7.03. The molecule has 1 saturated heterocycles. The summed E-state index contributed by atoms with van der Waals surface area (Å²) in [6.45, 7) is 4.86. The lowest BCUT2D eigenvalue weighted by Gasteiger charge is -2.32. The van der Waals surface area contributed by atoms with Gasteiger partial charge in [0.2, 0.25) is 0 Å². The number of rotatable bonds is 1. The second kappa shape index (κ2) is 2.67. The van der Waals surface area contributed by atoms with Gasteiger partial charge in [-0.1, -0.05) is 0 Å². The topological polar surface area (TPSA) is 20.2 Å². The van der Waals surface area contributed by atoms with E-state index in [0.29, 0.717) is 4.65 Å². The Bertz CT molecular complexity index is 86.9. The minimum Gasteiger partial charge on any atom is -0.217 e. The number of likely N-dealkylation sites (tertiary alicyclic amines) is 1. The molecule has 1 rings (SSSR count). The van der Waals surface area contributed by atoms with Crippen molar-refractivity contribution in [3.05, 3.63) is 0 Å². The predicted octanol–water partition coefficient (Wildman–Crippen LogP) is 1.40. The summed E-state index contributed by atoms with van der Waals surface area (Å²) < 4.78 is 0.319. The van der Waals surface area contributed by atoms with Crippen molar-refractivity contribution in [3.8, 4) is 0 Å². The largest absolute Gasteiger partial charge is 0.217 e. The molecule has 0 radical (unpaired) electrons. The molecule has 0 aromatic heterocycles. The maximum atomic E-state index is 9.62. The first-order valence-corrected chi connectivity index (χ1v) is 3.86. The van der Waals surface area contributed by atoms with Crippen molar-refractivity contribution in [3.63, 3.8) is 0 Å². The fourth-order valence-corrected chi connectivity index (χ4v) is 1.42. The Morgan fingerprint density at radius 3 is 2.11 bits per heavy atom. The van der Waals surface area contributed by atoms with E-state index < -0.39 is 0 Å². The van der Waals surface area contributed by atoms with Gasteiger partial charge in [0.1, 0.15) is 19.6 Å². The van der Waals surface area contributed by atoms with E-state index in [4.69, 9.17) is 0 Å². The van der Waals surface area contributed by atoms with Crippen LogP contribution in [0.15, 0.2) is 0 Å². The SMILES string of the molecule is CC[N+]1(O)CCCCC1. The first-order valence-electron chi connectivity index (χ1n) is 3.86. The summed E-state index contributed by atoms with van der Waals surface area (Å²) in [4.78, 5) is 0. The smallest absolute Gasteiger partial charge is 0.109 e. The van der Waals surface area contributed by atoms with Gasteiger partial charge in [0.15, 0.2) is 0 Å². The molecule has 1 N–H and O–H groups in total. The van der Waals surface area contributed by atoms with Crippen LogP contribution >= 0.6 is 0 Å². The molecule has 1 fully saturated rings. The van der Waals surface area contributed by atoms with Crippen molar-refractivity contribution < 1.29 is 9.85 Å². The fourth-order valence-electron chi connectivity index (χ4n) is 1.42. The third-order valence-electron chi connectivity index (χ3n) is 2.24. The van der Waals surface area contributed by atoms with Gasteiger partial charge < -0.3 is 0 Å². The number of hydrogen-bond donors (Lipinski definition) is 1. The Kier molecular flexibility index (Phi) is 2.09. The molecule has 0 unspecified atom stereocenters. The van der Waals surface area contributed by atoms with Crippen LogP contribution in [-0.4, -0.2) is 29.5 Å². The minimum atomic E-state index is 0.319. The van der Waals surface area contributed by atoms with Crippen LogP contribution in [-0.2, 0) is 0 Å². The Labute approximate surface area is 56.6 Å². The van der Waals surface area contributed by atoms with Crippen molar-refractivity contribution in [1.29, 1.82) is 0 Å². The lowest BCUT2D eigenvalue weighted by molar-refractivity contribution is -1.10. The van der Waals surface area contributed by atoms with Gasteiger partial charge in [-0.25, -0.2) is 5.21 Å². The van der Waals surface area contributed by atoms with Crippen LogP contribution in [0, 0.1) is 0 Å². The molecule has 0 amide bonds. The van der Waals surface area contributed by atoms with Gasteiger partial charge in [-0.2, -0.15) is 4.65 Å². The maximum absolute atomic E-state index is 9.62. The molecule has 0 spiro atoms. The summed E-state index contributed by atoms with van der Waals surface area (Å²) in [5.74, 6) is 0.